The summed E-state index contributed by atoms with van der Waals surface area (Å²) in [7, 11) is 0. The van der Waals surface area contributed by atoms with Crippen LogP contribution in [-0.2, 0) is 16.0 Å². The minimum Gasteiger partial charge on any atom is -0.483 e. The fourth-order valence-corrected chi connectivity index (χ4v) is 5.77. The molecule has 1 unspecified atom stereocenters. The van der Waals surface area contributed by atoms with Crippen LogP contribution in [0.3, 0.4) is 0 Å². The first-order chi connectivity index (χ1) is 14.2. The number of esters is 1. The Kier molecular flexibility index (Phi) is 7.47. The molecule has 3 rings (SSSR count). The molecular formula is C22H25BrClNO4S. The Balaban J connectivity index is 1.80. The summed E-state index contributed by atoms with van der Waals surface area (Å²) in [5, 5.41) is 4.08. The van der Waals surface area contributed by atoms with E-state index in [1.807, 2.05) is 13.8 Å². The average molecular weight is 515 g/mol. The molecular weight excluding hydrogens is 490 g/mol. The van der Waals surface area contributed by atoms with Gasteiger partial charge in [-0.15, -0.1) is 11.3 Å². The molecule has 162 valence electrons. The molecule has 0 aliphatic heterocycles. The van der Waals surface area contributed by atoms with E-state index in [0.717, 1.165) is 45.3 Å². The van der Waals surface area contributed by atoms with Gasteiger partial charge in [-0.3, -0.25) is 4.79 Å². The molecule has 0 bridgehead atoms. The van der Waals surface area contributed by atoms with Gasteiger partial charge in [0.2, 0.25) is 0 Å². The third kappa shape index (κ3) is 4.68. The second-order valence-corrected chi connectivity index (χ2v) is 9.71. The number of ether oxygens (including phenoxy) is 2. The molecule has 1 heterocycles. The molecule has 0 spiro atoms. The van der Waals surface area contributed by atoms with Crippen molar-refractivity contribution in [2.45, 2.75) is 52.9 Å². The minimum atomic E-state index is -0.383. The topological polar surface area (TPSA) is 64.6 Å². The lowest BCUT2D eigenvalue weighted by Gasteiger charge is -2.19. The molecule has 1 aromatic carbocycles. The molecule has 30 heavy (non-hydrogen) atoms. The Morgan fingerprint density at radius 1 is 1.37 bits per heavy atom. The van der Waals surface area contributed by atoms with Gasteiger partial charge in [-0.25, -0.2) is 4.79 Å². The normalized spacial score (nSPS) is 15.5. The van der Waals surface area contributed by atoms with Gasteiger partial charge in [0.05, 0.1) is 16.6 Å². The van der Waals surface area contributed by atoms with Gasteiger partial charge < -0.3 is 14.8 Å². The highest BCUT2D eigenvalue weighted by molar-refractivity contribution is 9.10. The van der Waals surface area contributed by atoms with Crippen molar-refractivity contribution in [2.75, 3.05) is 18.5 Å². The molecule has 1 aliphatic carbocycles. The van der Waals surface area contributed by atoms with E-state index in [-0.39, 0.29) is 31.0 Å². The van der Waals surface area contributed by atoms with Gasteiger partial charge in [-0.2, -0.15) is 0 Å². The molecule has 1 aromatic heterocycles. The number of nitrogens with one attached hydrogen (secondary N) is 1. The molecule has 8 heteroatoms. The zero-order valence-corrected chi connectivity index (χ0v) is 20.6. The number of fused-ring (bicyclic) bond motifs is 1. The third-order valence-electron chi connectivity index (χ3n) is 5.22. The molecule has 0 saturated heterocycles. The fourth-order valence-electron chi connectivity index (χ4n) is 3.72. The van der Waals surface area contributed by atoms with Gasteiger partial charge in [0.25, 0.3) is 5.91 Å². The number of hydrogen-bond acceptors (Lipinski definition) is 5. The number of anilines is 1. The standard InChI is InChI=1S/C22H25BrClNO4S/c1-5-28-22(27)18-17-11(2)7-6-8-15(17)30-21(18)25-16(26)10-29-14-9-12(3)20(24)13(4)19(14)23/h9,11H,5-8,10H2,1-4H3,(H,25,26). The summed E-state index contributed by atoms with van der Waals surface area (Å²) >= 11 is 11.2. The van der Waals surface area contributed by atoms with Crippen molar-refractivity contribution in [3.05, 3.63) is 42.7 Å². The Morgan fingerprint density at radius 2 is 2.10 bits per heavy atom. The zero-order chi connectivity index (χ0) is 22.0. The second kappa shape index (κ2) is 9.71. The van der Waals surface area contributed by atoms with Crippen LogP contribution in [0.15, 0.2) is 10.5 Å². The molecule has 1 aliphatic rings. The molecule has 1 amide bonds. The Hall–Kier alpha value is -1.57. The molecule has 2 aromatic rings. The van der Waals surface area contributed by atoms with Crippen LogP contribution in [-0.4, -0.2) is 25.1 Å². The van der Waals surface area contributed by atoms with Crippen molar-refractivity contribution in [1.82, 2.24) is 0 Å². The van der Waals surface area contributed by atoms with Crippen LogP contribution in [0.5, 0.6) is 5.75 Å². The van der Waals surface area contributed by atoms with Crippen LogP contribution in [0.4, 0.5) is 5.00 Å². The number of amides is 1. The number of rotatable bonds is 6. The lowest BCUT2D eigenvalue weighted by atomic mass is 9.86. The highest BCUT2D eigenvalue weighted by Gasteiger charge is 2.30. The summed E-state index contributed by atoms with van der Waals surface area (Å²) in [6.45, 7) is 7.77. The Labute approximate surface area is 194 Å². The maximum atomic E-state index is 12.6. The summed E-state index contributed by atoms with van der Waals surface area (Å²) in [5.74, 6) is 0.104. The first-order valence-corrected chi connectivity index (χ1v) is 11.9. The predicted octanol–water partition coefficient (Wildman–Crippen LogP) is 6.41. The predicted molar refractivity (Wildman–Crippen MR) is 124 cm³/mol. The van der Waals surface area contributed by atoms with E-state index in [2.05, 4.69) is 28.2 Å². The summed E-state index contributed by atoms with van der Waals surface area (Å²) in [4.78, 5) is 26.4. The highest BCUT2D eigenvalue weighted by atomic mass is 79.9. The molecule has 1 N–H and O–H groups in total. The smallest absolute Gasteiger partial charge is 0.341 e. The molecule has 5 nitrogen and oxygen atoms in total. The van der Waals surface area contributed by atoms with Crippen molar-refractivity contribution in [2.24, 2.45) is 0 Å². The molecule has 0 radical (unpaired) electrons. The average Bonchev–Trinajstić information content (AvgIpc) is 3.07. The number of carbonyl (C=O) groups is 2. The van der Waals surface area contributed by atoms with Gasteiger partial charge in [0, 0.05) is 9.90 Å². The maximum Gasteiger partial charge on any atom is 0.341 e. The number of benzene rings is 1. The van der Waals surface area contributed by atoms with Crippen LogP contribution in [0.1, 0.15) is 64.5 Å². The number of aryl methyl sites for hydroxylation is 2. The van der Waals surface area contributed by atoms with Gasteiger partial charge in [0.1, 0.15) is 10.8 Å². The Bertz CT molecular complexity index is 988. The summed E-state index contributed by atoms with van der Waals surface area (Å²) in [6, 6.07) is 1.79. The molecule has 0 fully saturated rings. The van der Waals surface area contributed by atoms with E-state index in [9.17, 15) is 9.59 Å². The van der Waals surface area contributed by atoms with E-state index in [1.54, 1.807) is 13.0 Å². The number of hydrogen-bond donors (Lipinski definition) is 1. The lowest BCUT2D eigenvalue weighted by molar-refractivity contribution is -0.118. The zero-order valence-electron chi connectivity index (χ0n) is 17.5. The van der Waals surface area contributed by atoms with Gasteiger partial charge in [-0.05, 0) is 84.6 Å². The number of thiophene rings is 1. The highest BCUT2D eigenvalue weighted by Crippen LogP contribution is 2.43. The van der Waals surface area contributed by atoms with Crippen LogP contribution in [0.2, 0.25) is 5.02 Å². The SMILES string of the molecule is CCOC(=O)c1c(NC(=O)COc2cc(C)c(Cl)c(C)c2Br)sc2c1C(C)CCC2. The largest absolute Gasteiger partial charge is 0.483 e. The van der Waals surface area contributed by atoms with E-state index >= 15 is 0 Å². The number of carbonyl (C=O) groups excluding carboxylic acids is 2. The van der Waals surface area contributed by atoms with Crippen LogP contribution in [0, 0.1) is 13.8 Å². The van der Waals surface area contributed by atoms with Crippen LogP contribution in [0.25, 0.3) is 0 Å². The quantitative estimate of drug-likeness (QED) is 0.452. The van der Waals surface area contributed by atoms with E-state index in [0.29, 0.717) is 21.3 Å². The maximum absolute atomic E-state index is 12.6. The van der Waals surface area contributed by atoms with Crippen LogP contribution >= 0.6 is 38.9 Å². The first kappa shape index (κ1) is 23.1. The number of halogens is 2. The van der Waals surface area contributed by atoms with Gasteiger partial charge >= 0.3 is 5.97 Å². The summed E-state index contributed by atoms with van der Waals surface area (Å²) < 4.78 is 11.7. The van der Waals surface area contributed by atoms with E-state index < -0.39 is 0 Å². The van der Waals surface area contributed by atoms with E-state index in [4.69, 9.17) is 21.1 Å². The third-order valence-corrected chi connectivity index (χ3v) is 7.96. The van der Waals surface area contributed by atoms with Crippen molar-refractivity contribution in [3.63, 3.8) is 0 Å². The van der Waals surface area contributed by atoms with Crippen molar-refractivity contribution in [3.8, 4) is 5.75 Å². The van der Waals surface area contributed by atoms with Gasteiger partial charge in [0.15, 0.2) is 6.61 Å². The lowest BCUT2D eigenvalue weighted by Crippen LogP contribution is -2.21. The van der Waals surface area contributed by atoms with Crippen molar-refractivity contribution < 1.29 is 19.1 Å². The summed E-state index contributed by atoms with van der Waals surface area (Å²) in [6.07, 6.45) is 3.02. The fraction of sp³-hybridized carbons (Fsp3) is 0.455. The summed E-state index contributed by atoms with van der Waals surface area (Å²) in [5.41, 5.74) is 3.25. The van der Waals surface area contributed by atoms with Crippen LogP contribution < -0.4 is 10.1 Å². The Morgan fingerprint density at radius 3 is 2.80 bits per heavy atom. The van der Waals surface area contributed by atoms with Gasteiger partial charge in [-0.1, -0.05) is 18.5 Å². The van der Waals surface area contributed by atoms with E-state index in [1.165, 1.54) is 11.3 Å². The first-order valence-electron chi connectivity index (χ1n) is 9.95. The monoisotopic (exact) mass is 513 g/mol. The molecule has 0 saturated carbocycles. The van der Waals surface area contributed by atoms with Crippen molar-refractivity contribution in [1.29, 1.82) is 0 Å². The minimum absolute atomic E-state index is 0.181. The second-order valence-electron chi connectivity index (χ2n) is 7.44. The molecule has 1 atom stereocenters. The van der Waals surface area contributed by atoms with Crippen molar-refractivity contribution >= 4 is 55.7 Å².